The van der Waals surface area contributed by atoms with Gasteiger partial charge in [0.1, 0.15) is 11.5 Å². The maximum Gasteiger partial charge on any atom is 0.307 e. The first-order valence-corrected chi connectivity index (χ1v) is 5.66. The van der Waals surface area contributed by atoms with Gasteiger partial charge in [-0.25, -0.2) is 4.98 Å². The molecule has 1 heterocycles. The van der Waals surface area contributed by atoms with E-state index in [4.69, 9.17) is 14.6 Å². The molecule has 1 N–H and O–H groups in total. The fourth-order valence-corrected chi connectivity index (χ4v) is 1.61. The van der Waals surface area contributed by atoms with E-state index in [1.54, 1.807) is 42.6 Å². The molecule has 0 saturated heterocycles. The van der Waals surface area contributed by atoms with Gasteiger partial charge in [0.05, 0.1) is 13.5 Å². The maximum atomic E-state index is 10.8. The lowest BCUT2D eigenvalue weighted by Gasteiger charge is -2.10. The van der Waals surface area contributed by atoms with E-state index in [0.29, 0.717) is 22.9 Å². The number of rotatable bonds is 5. The first-order chi connectivity index (χ1) is 9.19. The van der Waals surface area contributed by atoms with Gasteiger partial charge in [-0.3, -0.25) is 4.79 Å². The second-order valence-electron chi connectivity index (χ2n) is 3.81. The molecule has 0 aliphatic heterocycles. The van der Waals surface area contributed by atoms with E-state index in [-0.39, 0.29) is 6.42 Å². The molecule has 0 saturated carbocycles. The highest BCUT2D eigenvalue weighted by molar-refractivity contribution is 5.71. The van der Waals surface area contributed by atoms with Gasteiger partial charge in [0.15, 0.2) is 0 Å². The number of benzene rings is 1. The molecule has 98 valence electrons. The molecule has 0 aliphatic rings. The lowest BCUT2D eigenvalue weighted by molar-refractivity contribution is -0.136. The zero-order chi connectivity index (χ0) is 13.7. The van der Waals surface area contributed by atoms with Crippen LogP contribution in [0.25, 0.3) is 0 Å². The van der Waals surface area contributed by atoms with E-state index in [2.05, 4.69) is 4.98 Å². The predicted octanol–water partition coefficient (Wildman–Crippen LogP) is 2.51. The molecular weight excluding hydrogens is 246 g/mol. The highest BCUT2D eigenvalue weighted by atomic mass is 16.5. The quantitative estimate of drug-likeness (QED) is 0.893. The molecule has 0 spiro atoms. The van der Waals surface area contributed by atoms with Crippen LogP contribution in [-0.2, 0) is 11.2 Å². The Balaban J connectivity index is 2.24. The number of para-hydroxylation sites is 1. The highest BCUT2D eigenvalue weighted by Crippen LogP contribution is 2.27. The minimum Gasteiger partial charge on any atom is -0.481 e. The van der Waals surface area contributed by atoms with Crippen molar-refractivity contribution in [3.63, 3.8) is 0 Å². The number of methoxy groups -OCH3 is 1. The summed E-state index contributed by atoms with van der Waals surface area (Å²) in [6.07, 6.45) is 1.48. The molecule has 0 fully saturated rings. The molecule has 0 unspecified atom stereocenters. The number of hydrogen-bond donors (Lipinski definition) is 1. The number of hydrogen-bond acceptors (Lipinski definition) is 4. The molecule has 19 heavy (non-hydrogen) atoms. The van der Waals surface area contributed by atoms with Crippen molar-refractivity contribution in [3.8, 4) is 17.4 Å². The predicted molar refractivity (Wildman–Crippen MR) is 68.6 cm³/mol. The van der Waals surface area contributed by atoms with Crippen molar-refractivity contribution >= 4 is 5.97 Å². The molecule has 5 nitrogen and oxygen atoms in total. The Morgan fingerprint density at radius 3 is 2.84 bits per heavy atom. The number of aromatic nitrogens is 1. The molecule has 0 aliphatic carbocycles. The summed E-state index contributed by atoms with van der Waals surface area (Å²) >= 11 is 0. The summed E-state index contributed by atoms with van der Waals surface area (Å²) < 4.78 is 10.7. The largest absolute Gasteiger partial charge is 0.481 e. The van der Waals surface area contributed by atoms with Gasteiger partial charge in [0.2, 0.25) is 5.88 Å². The third-order valence-electron chi connectivity index (χ3n) is 2.46. The van der Waals surface area contributed by atoms with Gasteiger partial charge in [0.25, 0.3) is 0 Å². The minimum absolute atomic E-state index is 0.0849. The Hall–Kier alpha value is -2.56. The van der Waals surface area contributed by atoms with Crippen molar-refractivity contribution in [2.45, 2.75) is 6.42 Å². The number of carboxylic acids is 1. The zero-order valence-electron chi connectivity index (χ0n) is 10.4. The van der Waals surface area contributed by atoms with Crippen molar-refractivity contribution in [1.29, 1.82) is 0 Å². The average molecular weight is 259 g/mol. The first-order valence-electron chi connectivity index (χ1n) is 5.66. The second-order valence-corrected chi connectivity index (χ2v) is 3.81. The molecule has 0 amide bonds. The van der Waals surface area contributed by atoms with Crippen LogP contribution in [0.2, 0.25) is 0 Å². The number of pyridine rings is 1. The van der Waals surface area contributed by atoms with Gasteiger partial charge in [-0.2, -0.15) is 0 Å². The van der Waals surface area contributed by atoms with E-state index in [1.165, 1.54) is 7.11 Å². The molecule has 0 radical (unpaired) electrons. The van der Waals surface area contributed by atoms with Crippen LogP contribution in [0.15, 0.2) is 42.6 Å². The molecule has 5 heteroatoms. The van der Waals surface area contributed by atoms with Gasteiger partial charge >= 0.3 is 5.97 Å². The van der Waals surface area contributed by atoms with E-state index < -0.39 is 5.97 Å². The summed E-state index contributed by atoms with van der Waals surface area (Å²) in [5.74, 6) is 0.597. The molecule has 0 bridgehead atoms. The Kier molecular flexibility index (Phi) is 3.97. The molecule has 2 rings (SSSR count). The summed E-state index contributed by atoms with van der Waals surface area (Å²) in [4.78, 5) is 14.8. The summed E-state index contributed by atoms with van der Waals surface area (Å²) in [7, 11) is 1.52. The lowest BCUT2D eigenvalue weighted by atomic mass is 10.1. The van der Waals surface area contributed by atoms with Crippen LogP contribution in [0.5, 0.6) is 17.4 Å². The Morgan fingerprint density at radius 1 is 1.32 bits per heavy atom. The van der Waals surface area contributed by atoms with E-state index in [0.717, 1.165) is 0 Å². The van der Waals surface area contributed by atoms with Crippen LogP contribution in [0.3, 0.4) is 0 Å². The monoisotopic (exact) mass is 259 g/mol. The van der Waals surface area contributed by atoms with Gasteiger partial charge in [-0.05, 0) is 12.1 Å². The molecule has 1 aromatic heterocycles. The standard InChI is InChI=1S/C14H13NO4/c1-18-13-9-11(6-7-15-13)19-12-5-3-2-4-10(12)8-14(16)17/h2-7,9H,8H2,1H3,(H,16,17). The first kappa shape index (κ1) is 12.9. The van der Waals surface area contributed by atoms with Crippen LogP contribution in [0.1, 0.15) is 5.56 Å². The topological polar surface area (TPSA) is 68.7 Å². The van der Waals surface area contributed by atoms with Gasteiger partial charge in [0, 0.05) is 17.8 Å². The lowest BCUT2D eigenvalue weighted by Crippen LogP contribution is -2.01. The number of carbonyl (C=O) groups is 1. The molecule has 1 aromatic carbocycles. The third kappa shape index (κ3) is 3.45. The van der Waals surface area contributed by atoms with Crippen LogP contribution in [-0.4, -0.2) is 23.2 Å². The van der Waals surface area contributed by atoms with Crippen molar-refractivity contribution in [3.05, 3.63) is 48.2 Å². The van der Waals surface area contributed by atoms with Crippen LogP contribution >= 0.6 is 0 Å². The maximum absolute atomic E-state index is 10.8. The fraction of sp³-hybridized carbons (Fsp3) is 0.143. The number of carboxylic acid groups (broad SMARTS) is 1. The van der Waals surface area contributed by atoms with Crippen LogP contribution < -0.4 is 9.47 Å². The van der Waals surface area contributed by atoms with E-state index >= 15 is 0 Å². The summed E-state index contributed by atoms with van der Waals surface area (Å²) in [6, 6.07) is 10.3. The zero-order valence-corrected chi connectivity index (χ0v) is 10.4. The average Bonchev–Trinajstić information content (AvgIpc) is 2.41. The number of aliphatic carboxylic acids is 1. The number of ether oxygens (including phenoxy) is 2. The summed E-state index contributed by atoms with van der Waals surface area (Å²) in [6.45, 7) is 0. The van der Waals surface area contributed by atoms with Gasteiger partial charge in [-0.15, -0.1) is 0 Å². The number of nitrogens with zero attached hydrogens (tertiary/aromatic N) is 1. The van der Waals surface area contributed by atoms with Crippen molar-refractivity contribution in [1.82, 2.24) is 4.98 Å². The second kappa shape index (κ2) is 5.86. The van der Waals surface area contributed by atoms with Gasteiger partial charge in [-0.1, -0.05) is 18.2 Å². The summed E-state index contributed by atoms with van der Waals surface area (Å²) in [5, 5.41) is 8.85. The summed E-state index contributed by atoms with van der Waals surface area (Å²) in [5.41, 5.74) is 0.616. The smallest absolute Gasteiger partial charge is 0.307 e. The third-order valence-corrected chi connectivity index (χ3v) is 2.46. The Labute approximate surface area is 110 Å². The van der Waals surface area contributed by atoms with Crippen molar-refractivity contribution < 1.29 is 19.4 Å². The molecule has 0 atom stereocenters. The minimum atomic E-state index is -0.900. The Bertz CT molecular complexity index is 583. The van der Waals surface area contributed by atoms with Gasteiger partial charge < -0.3 is 14.6 Å². The van der Waals surface area contributed by atoms with E-state index in [9.17, 15) is 4.79 Å². The normalized spacial score (nSPS) is 9.95. The SMILES string of the molecule is COc1cc(Oc2ccccc2CC(=O)O)ccn1. The Morgan fingerprint density at radius 2 is 2.11 bits per heavy atom. The van der Waals surface area contributed by atoms with Crippen molar-refractivity contribution in [2.24, 2.45) is 0 Å². The van der Waals surface area contributed by atoms with Crippen molar-refractivity contribution in [2.75, 3.05) is 7.11 Å². The highest BCUT2D eigenvalue weighted by Gasteiger charge is 2.08. The molecule has 2 aromatic rings. The van der Waals surface area contributed by atoms with Crippen LogP contribution in [0.4, 0.5) is 0 Å². The van der Waals surface area contributed by atoms with Crippen LogP contribution in [0, 0.1) is 0 Å². The van der Waals surface area contributed by atoms with E-state index in [1.807, 2.05) is 0 Å². The fourth-order valence-electron chi connectivity index (χ4n) is 1.61. The molecular formula is C14H13NO4.